The number of carbonyl (C=O) groups is 2. The Kier molecular flexibility index (Phi) is 7.21. The maximum atomic E-state index is 12.4. The maximum absolute atomic E-state index is 12.4. The Bertz CT molecular complexity index is 1260. The van der Waals surface area contributed by atoms with Crippen LogP contribution in [0.15, 0.2) is 47.5 Å². The van der Waals surface area contributed by atoms with E-state index in [-0.39, 0.29) is 23.6 Å². The minimum absolute atomic E-state index is 0.0472. The van der Waals surface area contributed by atoms with Crippen LogP contribution in [0.3, 0.4) is 0 Å². The molecule has 0 saturated heterocycles. The first-order chi connectivity index (χ1) is 14.8. The molecule has 1 heterocycles. The highest BCUT2D eigenvalue weighted by atomic mass is 35.5. The van der Waals surface area contributed by atoms with E-state index in [9.17, 15) is 19.7 Å². The zero-order valence-corrected chi connectivity index (χ0v) is 18.4. The quantitative estimate of drug-likeness (QED) is 0.222. The van der Waals surface area contributed by atoms with Crippen molar-refractivity contribution in [2.24, 2.45) is 4.99 Å². The highest BCUT2D eigenvalue weighted by molar-refractivity contribution is 7.16. The number of hydrogen-bond donors (Lipinski definition) is 0. The first kappa shape index (κ1) is 22.7. The number of non-ortho nitro benzene ring substituents is 1. The Hall–Kier alpha value is -3.01. The van der Waals surface area contributed by atoms with Crippen LogP contribution in [-0.4, -0.2) is 28.0 Å². The lowest BCUT2D eigenvalue weighted by Crippen LogP contribution is -2.23. The van der Waals surface area contributed by atoms with E-state index < -0.39 is 16.8 Å². The molecule has 0 atom stereocenters. The van der Waals surface area contributed by atoms with Gasteiger partial charge in [-0.2, -0.15) is 4.99 Å². The molecule has 3 aromatic rings. The van der Waals surface area contributed by atoms with Gasteiger partial charge in [0.1, 0.15) is 6.54 Å². The smallest absolute Gasteiger partial charge is 0.326 e. The molecule has 160 valence electrons. The lowest BCUT2D eigenvalue weighted by Gasteiger charge is -2.06. The third kappa shape index (κ3) is 5.57. The number of nitro groups is 1. The van der Waals surface area contributed by atoms with E-state index in [1.807, 2.05) is 0 Å². The SMILES string of the molecule is CCOC(=O)Cn1c(=NC(=O)/C=C\c2ccc([N+](=O)[O-])cc2)sc2cc(Cl)cc(Cl)c21. The van der Waals surface area contributed by atoms with Crippen molar-refractivity contribution < 1.29 is 19.2 Å². The molecule has 31 heavy (non-hydrogen) atoms. The summed E-state index contributed by atoms with van der Waals surface area (Å²) < 4.78 is 7.17. The fourth-order valence-corrected chi connectivity index (χ4v) is 4.52. The predicted molar refractivity (Wildman–Crippen MR) is 119 cm³/mol. The molecular formula is C20H15Cl2N3O5S. The first-order valence-electron chi connectivity index (χ1n) is 8.93. The molecule has 0 bridgehead atoms. The van der Waals surface area contributed by atoms with Gasteiger partial charge in [0.15, 0.2) is 4.80 Å². The molecule has 0 aliphatic heterocycles. The summed E-state index contributed by atoms with van der Waals surface area (Å²) in [5.41, 5.74) is 1.07. The van der Waals surface area contributed by atoms with Gasteiger partial charge in [-0.05, 0) is 42.8 Å². The van der Waals surface area contributed by atoms with E-state index >= 15 is 0 Å². The molecule has 0 unspecified atom stereocenters. The van der Waals surface area contributed by atoms with Gasteiger partial charge in [-0.15, -0.1) is 0 Å². The Balaban J connectivity index is 1.97. The number of amides is 1. The lowest BCUT2D eigenvalue weighted by atomic mass is 10.2. The molecule has 0 aliphatic carbocycles. The number of nitrogens with zero attached hydrogens (tertiary/aromatic N) is 3. The lowest BCUT2D eigenvalue weighted by molar-refractivity contribution is -0.384. The van der Waals surface area contributed by atoms with Crippen LogP contribution in [0.2, 0.25) is 10.0 Å². The van der Waals surface area contributed by atoms with Crippen molar-refractivity contribution in [1.82, 2.24) is 4.57 Å². The first-order valence-corrected chi connectivity index (χ1v) is 10.5. The highest BCUT2D eigenvalue weighted by Gasteiger charge is 2.15. The number of ether oxygens (including phenoxy) is 1. The van der Waals surface area contributed by atoms with Crippen molar-refractivity contribution in [3.05, 3.63) is 73.0 Å². The van der Waals surface area contributed by atoms with Crippen LogP contribution >= 0.6 is 34.5 Å². The van der Waals surface area contributed by atoms with E-state index in [0.717, 1.165) is 11.3 Å². The molecule has 1 aromatic heterocycles. The molecule has 0 N–H and O–H groups in total. The van der Waals surface area contributed by atoms with Gasteiger partial charge in [-0.3, -0.25) is 19.7 Å². The van der Waals surface area contributed by atoms with E-state index in [1.165, 1.54) is 41.0 Å². The van der Waals surface area contributed by atoms with Gasteiger partial charge in [0.2, 0.25) is 0 Å². The number of aromatic nitrogens is 1. The standard InChI is InChI=1S/C20H15Cl2N3O5S/c1-2-30-18(27)11-24-19-15(22)9-13(21)10-16(19)31-20(24)23-17(26)8-5-12-3-6-14(7-4-12)25(28)29/h3-10H,2,11H2,1H3/b8-5-,23-20?. The topological polar surface area (TPSA) is 104 Å². The monoisotopic (exact) mass is 479 g/mol. The number of halogens is 2. The van der Waals surface area contributed by atoms with Gasteiger partial charge >= 0.3 is 5.97 Å². The van der Waals surface area contributed by atoms with E-state index in [4.69, 9.17) is 27.9 Å². The summed E-state index contributed by atoms with van der Waals surface area (Å²) in [4.78, 5) is 39.0. The minimum atomic E-state index is -0.579. The zero-order chi connectivity index (χ0) is 22.5. The average Bonchev–Trinajstić information content (AvgIpc) is 3.03. The average molecular weight is 480 g/mol. The Morgan fingerprint density at radius 2 is 1.97 bits per heavy atom. The van der Waals surface area contributed by atoms with E-state index in [2.05, 4.69) is 4.99 Å². The summed E-state index contributed by atoms with van der Waals surface area (Å²) in [6.45, 7) is 1.73. The van der Waals surface area contributed by atoms with Crippen molar-refractivity contribution in [2.45, 2.75) is 13.5 Å². The summed E-state index contributed by atoms with van der Waals surface area (Å²) in [5.74, 6) is -1.08. The number of hydrogen-bond acceptors (Lipinski definition) is 6. The normalized spacial score (nSPS) is 11.9. The third-order valence-electron chi connectivity index (χ3n) is 4.02. The molecule has 0 spiro atoms. The number of nitro benzene ring substituents is 1. The Labute approximate surface area is 190 Å². The van der Waals surface area contributed by atoms with Gasteiger partial charge < -0.3 is 9.30 Å². The number of thiazole rings is 1. The number of esters is 1. The molecule has 1 amide bonds. The van der Waals surface area contributed by atoms with Gasteiger partial charge in [0.05, 0.1) is 26.8 Å². The second-order valence-corrected chi connectivity index (χ2v) is 7.99. The minimum Gasteiger partial charge on any atom is -0.465 e. The van der Waals surface area contributed by atoms with E-state index in [0.29, 0.717) is 25.8 Å². The van der Waals surface area contributed by atoms with Crippen LogP contribution in [0.1, 0.15) is 12.5 Å². The highest BCUT2D eigenvalue weighted by Crippen LogP contribution is 2.29. The summed E-state index contributed by atoms with van der Waals surface area (Å²) in [7, 11) is 0. The Morgan fingerprint density at radius 3 is 2.61 bits per heavy atom. The molecule has 0 saturated carbocycles. The number of rotatable bonds is 6. The van der Waals surface area contributed by atoms with Crippen LogP contribution in [0.4, 0.5) is 5.69 Å². The van der Waals surface area contributed by atoms with Crippen molar-refractivity contribution in [2.75, 3.05) is 6.61 Å². The van der Waals surface area contributed by atoms with E-state index in [1.54, 1.807) is 19.1 Å². The number of benzene rings is 2. The predicted octanol–water partition coefficient (Wildman–Crippen LogP) is 4.62. The molecule has 3 rings (SSSR count). The second kappa shape index (κ2) is 9.86. The van der Waals surface area contributed by atoms with Crippen LogP contribution in [0.5, 0.6) is 0 Å². The van der Waals surface area contributed by atoms with Crippen LogP contribution in [0, 0.1) is 10.1 Å². The fourth-order valence-electron chi connectivity index (χ4n) is 2.70. The molecule has 2 aromatic carbocycles. The summed E-state index contributed by atoms with van der Waals surface area (Å²) in [6, 6.07) is 8.93. The molecule has 0 fully saturated rings. The number of carbonyl (C=O) groups excluding carboxylic acids is 2. The van der Waals surface area contributed by atoms with Crippen LogP contribution in [-0.2, 0) is 20.9 Å². The van der Waals surface area contributed by atoms with Crippen molar-refractivity contribution in [3.63, 3.8) is 0 Å². The van der Waals surface area contributed by atoms with Gasteiger partial charge in [-0.1, -0.05) is 34.5 Å². The van der Waals surface area contributed by atoms with Crippen LogP contribution < -0.4 is 4.80 Å². The van der Waals surface area contributed by atoms with Gasteiger partial charge in [0, 0.05) is 23.2 Å². The van der Waals surface area contributed by atoms with Gasteiger partial charge in [0.25, 0.3) is 11.6 Å². The summed E-state index contributed by atoms with van der Waals surface area (Å²) in [5, 5.41) is 11.4. The van der Waals surface area contributed by atoms with Crippen molar-refractivity contribution in [1.29, 1.82) is 0 Å². The zero-order valence-electron chi connectivity index (χ0n) is 16.1. The molecule has 11 heteroatoms. The Morgan fingerprint density at radius 1 is 1.26 bits per heavy atom. The molecule has 0 radical (unpaired) electrons. The summed E-state index contributed by atoms with van der Waals surface area (Å²) >= 11 is 13.5. The largest absolute Gasteiger partial charge is 0.465 e. The summed E-state index contributed by atoms with van der Waals surface area (Å²) in [6.07, 6.45) is 2.72. The van der Waals surface area contributed by atoms with Crippen molar-refractivity contribution >= 4 is 68.4 Å². The molecule has 8 nitrogen and oxygen atoms in total. The molecular weight excluding hydrogens is 465 g/mol. The van der Waals surface area contributed by atoms with Crippen molar-refractivity contribution in [3.8, 4) is 0 Å². The number of fused-ring (bicyclic) bond motifs is 1. The molecule has 0 aliphatic rings. The fraction of sp³-hybridized carbons (Fsp3) is 0.150. The second-order valence-electron chi connectivity index (χ2n) is 6.14. The van der Waals surface area contributed by atoms with Gasteiger partial charge in [-0.25, -0.2) is 0 Å². The van der Waals surface area contributed by atoms with Crippen LogP contribution in [0.25, 0.3) is 16.3 Å². The maximum Gasteiger partial charge on any atom is 0.326 e. The third-order valence-corrected chi connectivity index (χ3v) is 5.55.